The number of nitrogens with zero attached hydrogens (tertiary/aromatic N) is 2. The molecule has 0 aliphatic rings. The Kier molecular flexibility index (Phi) is 6.07. The smallest absolute Gasteiger partial charge is 0.338 e. The molecule has 3 aromatic rings. The van der Waals surface area contributed by atoms with Crippen LogP contribution in [0.2, 0.25) is 5.02 Å². The van der Waals surface area contributed by atoms with Crippen molar-refractivity contribution in [2.75, 3.05) is 0 Å². The zero-order valence-electron chi connectivity index (χ0n) is 14.9. The summed E-state index contributed by atoms with van der Waals surface area (Å²) >= 11 is 5.78. The molecule has 0 fully saturated rings. The molecule has 144 valence electrons. The van der Waals surface area contributed by atoms with Crippen LogP contribution in [0, 0.1) is 21.4 Å². The van der Waals surface area contributed by atoms with Crippen LogP contribution in [-0.2, 0) is 11.3 Å². The highest BCUT2D eigenvalue weighted by atomic mass is 35.5. The number of benzene rings is 3. The van der Waals surface area contributed by atoms with Gasteiger partial charge in [-0.1, -0.05) is 23.7 Å². The van der Waals surface area contributed by atoms with Gasteiger partial charge in [0.25, 0.3) is 0 Å². The number of hydrogen-bond donors (Lipinski definition) is 0. The highest BCUT2D eigenvalue weighted by molar-refractivity contribution is 6.30. The van der Waals surface area contributed by atoms with Crippen LogP contribution in [0.25, 0.3) is 0 Å². The average molecular weight is 409 g/mol. The molecule has 0 saturated heterocycles. The molecule has 3 aromatic carbocycles. The Balaban J connectivity index is 1.66. The molecule has 0 spiro atoms. The van der Waals surface area contributed by atoms with Gasteiger partial charge in [0.05, 0.1) is 22.1 Å². The Hall–Kier alpha value is -3.89. The second-order valence-electron chi connectivity index (χ2n) is 5.88. The minimum Gasteiger partial charge on any atom is -0.457 e. The van der Waals surface area contributed by atoms with Crippen molar-refractivity contribution >= 4 is 23.3 Å². The first-order valence-corrected chi connectivity index (χ1v) is 8.72. The first kappa shape index (κ1) is 19.9. The van der Waals surface area contributed by atoms with Crippen LogP contribution in [0.15, 0.2) is 66.7 Å². The van der Waals surface area contributed by atoms with Crippen molar-refractivity contribution in [2.45, 2.75) is 6.61 Å². The lowest BCUT2D eigenvalue weighted by atomic mass is 10.1. The third kappa shape index (κ3) is 5.09. The topological polar surface area (TPSA) is 102 Å². The highest BCUT2D eigenvalue weighted by Gasteiger charge is 2.17. The van der Waals surface area contributed by atoms with E-state index in [1.54, 1.807) is 24.3 Å². The molecule has 0 aliphatic carbocycles. The third-order valence-corrected chi connectivity index (χ3v) is 4.10. The molecule has 0 radical (unpaired) electrons. The zero-order chi connectivity index (χ0) is 20.8. The minimum atomic E-state index is -0.589. The fourth-order valence-corrected chi connectivity index (χ4v) is 2.63. The molecule has 0 amide bonds. The van der Waals surface area contributed by atoms with Gasteiger partial charge in [0.2, 0.25) is 5.75 Å². The van der Waals surface area contributed by atoms with E-state index in [4.69, 9.17) is 26.3 Å². The van der Waals surface area contributed by atoms with E-state index in [9.17, 15) is 14.9 Å². The van der Waals surface area contributed by atoms with Gasteiger partial charge in [-0.2, -0.15) is 5.26 Å². The maximum atomic E-state index is 12.2. The van der Waals surface area contributed by atoms with E-state index in [0.717, 1.165) is 0 Å². The number of esters is 1. The van der Waals surface area contributed by atoms with Crippen LogP contribution >= 0.6 is 11.6 Å². The lowest BCUT2D eigenvalue weighted by molar-refractivity contribution is -0.385. The Morgan fingerprint density at radius 1 is 1.10 bits per heavy atom. The standard InChI is InChI=1S/C21H13ClN2O5/c22-17-6-9-20(19(11-17)24(26)27)29-18-7-4-16(5-8-18)21(25)28-13-15-3-1-2-14(10-15)12-23/h1-11H,13H2. The predicted molar refractivity (Wildman–Crippen MR) is 105 cm³/mol. The second-order valence-corrected chi connectivity index (χ2v) is 6.32. The van der Waals surface area contributed by atoms with Crippen LogP contribution in [0.4, 0.5) is 5.69 Å². The Labute approximate surface area is 170 Å². The van der Waals surface area contributed by atoms with Gasteiger partial charge in [-0.3, -0.25) is 10.1 Å². The summed E-state index contributed by atoms with van der Waals surface area (Å²) in [5.74, 6) is -0.197. The lowest BCUT2D eigenvalue weighted by Crippen LogP contribution is -2.05. The van der Waals surface area contributed by atoms with E-state index in [2.05, 4.69) is 0 Å². The molecule has 0 aromatic heterocycles. The number of halogens is 1. The van der Waals surface area contributed by atoms with Gasteiger partial charge in [0, 0.05) is 11.1 Å². The SMILES string of the molecule is N#Cc1cccc(COC(=O)c2ccc(Oc3ccc(Cl)cc3[N+](=O)[O-])cc2)c1. The molecular formula is C21H13ClN2O5. The summed E-state index contributed by atoms with van der Waals surface area (Å²) in [4.78, 5) is 22.7. The van der Waals surface area contributed by atoms with Gasteiger partial charge in [-0.15, -0.1) is 0 Å². The molecular weight excluding hydrogens is 396 g/mol. The molecule has 0 heterocycles. The summed E-state index contributed by atoms with van der Waals surface area (Å²) < 4.78 is 10.8. The number of nitriles is 1. The molecule has 0 bridgehead atoms. The lowest BCUT2D eigenvalue weighted by Gasteiger charge is -2.08. The Morgan fingerprint density at radius 3 is 2.55 bits per heavy atom. The van der Waals surface area contributed by atoms with Crippen LogP contribution in [0.1, 0.15) is 21.5 Å². The average Bonchev–Trinajstić information content (AvgIpc) is 2.73. The summed E-state index contributed by atoms with van der Waals surface area (Å²) in [5.41, 5.74) is 1.21. The number of rotatable bonds is 6. The summed E-state index contributed by atoms with van der Waals surface area (Å²) in [5, 5.41) is 20.2. The van der Waals surface area contributed by atoms with E-state index in [1.165, 1.54) is 42.5 Å². The molecule has 3 rings (SSSR count). The van der Waals surface area contributed by atoms with Crippen molar-refractivity contribution in [1.29, 1.82) is 5.26 Å². The van der Waals surface area contributed by atoms with E-state index in [0.29, 0.717) is 22.4 Å². The van der Waals surface area contributed by atoms with Crippen LogP contribution < -0.4 is 4.74 Å². The van der Waals surface area contributed by atoms with Crippen molar-refractivity contribution in [2.24, 2.45) is 0 Å². The van der Waals surface area contributed by atoms with Gasteiger partial charge < -0.3 is 9.47 Å². The summed E-state index contributed by atoms with van der Waals surface area (Å²) in [6.45, 7) is 0.0313. The van der Waals surface area contributed by atoms with Crippen LogP contribution in [-0.4, -0.2) is 10.9 Å². The molecule has 0 saturated carbocycles. The Bertz CT molecular complexity index is 1110. The van der Waals surface area contributed by atoms with E-state index < -0.39 is 10.9 Å². The van der Waals surface area contributed by atoms with Gasteiger partial charge in [-0.25, -0.2) is 4.79 Å². The number of carbonyl (C=O) groups is 1. The maximum absolute atomic E-state index is 12.2. The van der Waals surface area contributed by atoms with Gasteiger partial charge in [-0.05, 0) is 54.1 Å². The van der Waals surface area contributed by atoms with Crippen molar-refractivity contribution in [3.63, 3.8) is 0 Å². The van der Waals surface area contributed by atoms with E-state index in [1.807, 2.05) is 6.07 Å². The quantitative estimate of drug-likeness (QED) is 0.312. The molecule has 0 atom stereocenters. The molecule has 29 heavy (non-hydrogen) atoms. The molecule has 8 heteroatoms. The number of nitro groups is 1. The summed E-state index contributed by atoms with van der Waals surface area (Å²) in [7, 11) is 0. The van der Waals surface area contributed by atoms with Gasteiger partial charge >= 0.3 is 11.7 Å². The molecule has 0 N–H and O–H groups in total. The molecule has 0 unspecified atom stereocenters. The van der Waals surface area contributed by atoms with Crippen molar-refractivity contribution in [3.8, 4) is 17.6 Å². The second kappa shape index (κ2) is 8.87. The number of nitro benzene ring substituents is 1. The summed E-state index contributed by atoms with van der Waals surface area (Å²) in [6, 6.07) is 18.9. The summed E-state index contributed by atoms with van der Waals surface area (Å²) in [6.07, 6.45) is 0. The van der Waals surface area contributed by atoms with Crippen LogP contribution in [0.5, 0.6) is 11.5 Å². The highest BCUT2D eigenvalue weighted by Crippen LogP contribution is 2.33. The van der Waals surface area contributed by atoms with Crippen molar-refractivity contribution in [3.05, 3.63) is 98.6 Å². The fourth-order valence-electron chi connectivity index (χ4n) is 2.47. The molecule has 7 nitrogen and oxygen atoms in total. The first-order chi connectivity index (χ1) is 14.0. The predicted octanol–water partition coefficient (Wildman–Crippen LogP) is 5.27. The first-order valence-electron chi connectivity index (χ1n) is 8.34. The number of ether oxygens (including phenoxy) is 2. The Morgan fingerprint density at radius 2 is 1.86 bits per heavy atom. The number of hydrogen-bond acceptors (Lipinski definition) is 6. The van der Waals surface area contributed by atoms with Gasteiger partial charge in [0.15, 0.2) is 0 Å². The van der Waals surface area contributed by atoms with E-state index >= 15 is 0 Å². The third-order valence-electron chi connectivity index (χ3n) is 3.86. The maximum Gasteiger partial charge on any atom is 0.338 e. The van der Waals surface area contributed by atoms with Gasteiger partial charge in [0.1, 0.15) is 12.4 Å². The fraction of sp³-hybridized carbons (Fsp3) is 0.0476. The number of carbonyl (C=O) groups excluding carboxylic acids is 1. The largest absolute Gasteiger partial charge is 0.457 e. The molecule has 0 aliphatic heterocycles. The zero-order valence-corrected chi connectivity index (χ0v) is 15.6. The van der Waals surface area contributed by atoms with Crippen molar-refractivity contribution in [1.82, 2.24) is 0 Å². The minimum absolute atomic E-state index is 0.0313. The van der Waals surface area contributed by atoms with Crippen molar-refractivity contribution < 1.29 is 19.2 Å². The monoisotopic (exact) mass is 408 g/mol. The van der Waals surface area contributed by atoms with E-state index in [-0.39, 0.29) is 23.1 Å². The normalized spacial score (nSPS) is 10.1. The van der Waals surface area contributed by atoms with Crippen LogP contribution in [0.3, 0.4) is 0 Å².